The quantitative estimate of drug-likeness (QED) is 0.422. The van der Waals surface area contributed by atoms with Gasteiger partial charge >= 0.3 is 5.63 Å². The molecule has 2 aromatic carbocycles. The first-order valence-electron chi connectivity index (χ1n) is 9.05. The van der Waals surface area contributed by atoms with Gasteiger partial charge in [0.25, 0.3) is 11.8 Å². The van der Waals surface area contributed by atoms with Crippen LogP contribution in [0.15, 0.2) is 69.2 Å². The Morgan fingerprint density at radius 2 is 1.90 bits per heavy atom. The maximum absolute atomic E-state index is 12.2. The number of nitrogens with one attached hydrogen (secondary N) is 1. The van der Waals surface area contributed by atoms with E-state index in [9.17, 15) is 14.4 Å². The minimum absolute atomic E-state index is 0.180. The van der Waals surface area contributed by atoms with Crippen LogP contribution in [0.25, 0.3) is 22.1 Å². The van der Waals surface area contributed by atoms with Crippen molar-refractivity contribution < 1.29 is 18.7 Å². The number of anilines is 1. The maximum atomic E-state index is 12.2. The third-order valence-corrected chi connectivity index (χ3v) is 5.55. The monoisotopic (exact) mass is 454 g/mol. The van der Waals surface area contributed by atoms with Crippen LogP contribution in [0.4, 0.5) is 5.00 Å². The first-order chi connectivity index (χ1) is 14.9. The highest BCUT2D eigenvalue weighted by Crippen LogP contribution is 2.34. The number of carbonyl (C=O) groups is 2. The van der Waals surface area contributed by atoms with Gasteiger partial charge in [-0.05, 0) is 28.6 Å². The highest BCUT2D eigenvalue weighted by Gasteiger charge is 2.15. The number of halogens is 1. The Morgan fingerprint density at radius 3 is 2.65 bits per heavy atom. The number of primary amides is 1. The fourth-order valence-corrected chi connectivity index (χ4v) is 4.06. The Balaban J connectivity index is 1.58. The second-order valence-corrected chi connectivity index (χ2v) is 7.81. The topological polar surface area (TPSA) is 112 Å². The van der Waals surface area contributed by atoms with Crippen molar-refractivity contribution in [1.29, 1.82) is 0 Å². The van der Waals surface area contributed by atoms with E-state index in [1.165, 1.54) is 29.5 Å². The van der Waals surface area contributed by atoms with Crippen molar-refractivity contribution in [3.8, 4) is 16.9 Å². The number of fused-ring (bicyclic) bond motifs is 1. The van der Waals surface area contributed by atoms with E-state index in [2.05, 4.69) is 5.32 Å². The Kier molecular flexibility index (Phi) is 5.75. The normalized spacial score (nSPS) is 10.7. The van der Waals surface area contributed by atoms with Crippen LogP contribution < -0.4 is 21.4 Å². The molecule has 2 aromatic heterocycles. The zero-order valence-corrected chi connectivity index (χ0v) is 17.5. The van der Waals surface area contributed by atoms with Crippen molar-refractivity contribution in [1.82, 2.24) is 0 Å². The zero-order valence-electron chi connectivity index (χ0n) is 15.9. The van der Waals surface area contributed by atoms with Gasteiger partial charge in [0.15, 0.2) is 6.61 Å². The summed E-state index contributed by atoms with van der Waals surface area (Å²) in [6.45, 7) is -0.371. The molecule has 0 fully saturated rings. The summed E-state index contributed by atoms with van der Waals surface area (Å²) in [5, 5.41) is 5.44. The molecular formula is C22H15ClN2O5S. The lowest BCUT2D eigenvalue weighted by molar-refractivity contribution is -0.118. The number of carbonyl (C=O) groups excluding carboxylic acids is 2. The van der Waals surface area contributed by atoms with Gasteiger partial charge < -0.3 is 20.2 Å². The Labute approximate surface area is 185 Å². The van der Waals surface area contributed by atoms with Crippen LogP contribution in [-0.4, -0.2) is 18.4 Å². The highest BCUT2D eigenvalue weighted by atomic mass is 35.5. The molecule has 0 radical (unpaired) electrons. The molecule has 0 spiro atoms. The molecule has 9 heteroatoms. The molecule has 0 aliphatic carbocycles. The van der Waals surface area contributed by atoms with E-state index >= 15 is 0 Å². The summed E-state index contributed by atoms with van der Waals surface area (Å²) in [6.07, 6.45) is 0. The smallest absolute Gasteiger partial charge is 0.336 e. The van der Waals surface area contributed by atoms with Gasteiger partial charge in [0.2, 0.25) is 0 Å². The summed E-state index contributed by atoms with van der Waals surface area (Å²) in [7, 11) is 0. The van der Waals surface area contributed by atoms with Crippen molar-refractivity contribution in [2.24, 2.45) is 5.73 Å². The zero-order chi connectivity index (χ0) is 22.0. The third kappa shape index (κ3) is 4.45. The van der Waals surface area contributed by atoms with E-state index in [1.54, 1.807) is 11.4 Å². The average Bonchev–Trinajstić information content (AvgIpc) is 3.21. The summed E-state index contributed by atoms with van der Waals surface area (Å²) < 4.78 is 10.8. The summed E-state index contributed by atoms with van der Waals surface area (Å²) in [5.41, 5.74) is 6.76. The van der Waals surface area contributed by atoms with E-state index in [4.69, 9.17) is 26.5 Å². The molecule has 0 bridgehead atoms. The third-order valence-electron chi connectivity index (χ3n) is 4.42. The SMILES string of the molecule is NC(=O)c1ccsc1NC(=O)COc1cc2oc(=O)cc(-c3ccccc3)c2cc1Cl. The Morgan fingerprint density at radius 1 is 1.13 bits per heavy atom. The van der Waals surface area contributed by atoms with Gasteiger partial charge in [0.1, 0.15) is 16.3 Å². The lowest BCUT2D eigenvalue weighted by Crippen LogP contribution is -2.21. The molecule has 4 aromatic rings. The molecule has 7 nitrogen and oxygen atoms in total. The largest absolute Gasteiger partial charge is 0.482 e. The number of rotatable bonds is 6. The van der Waals surface area contributed by atoms with Gasteiger partial charge in [-0.25, -0.2) is 4.79 Å². The summed E-state index contributed by atoms with van der Waals surface area (Å²) in [5.74, 6) is -0.959. The number of nitrogens with two attached hydrogens (primary N) is 1. The predicted molar refractivity (Wildman–Crippen MR) is 120 cm³/mol. The van der Waals surface area contributed by atoms with Gasteiger partial charge in [-0.1, -0.05) is 41.9 Å². The van der Waals surface area contributed by atoms with Crippen molar-refractivity contribution >= 4 is 50.7 Å². The lowest BCUT2D eigenvalue weighted by Gasteiger charge is -2.11. The minimum Gasteiger partial charge on any atom is -0.482 e. The second-order valence-electron chi connectivity index (χ2n) is 6.49. The minimum atomic E-state index is -0.640. The van der Waals surface area contributed by atoms with E-state index < -0.39 is 17.4 Å². The lowest BCUT2D eigenvalue weighted by atomic mass is 10.0. The first-order valence-corrected chi connectivity index (χ1v) is 10.3. The van der Waals surface area contributed by atoms with E-state index in [1.807, 2.05) is 30.3 Å². The fraction of sp³-hybridized carbons (Fsp3) is 0.0455. The number of ether oxygens (including phenoxy) is 1. The van der Waals surface area contributed by atoms with Gasteiger partial charge in [0.05, 0.1) is 10.6 Å². The van der Waals surface area contributed by atoms with Crippen molar-refractivity contribution in [3.05, 3.63) is 81.0 Å². The molecular weight excluding hydrogens is 440 g/mol. The van der Waals surface area contributed by atoms with Crippen molar-refractivity contribution in [2.45, 2.75) is 0 Å². The van der Waals surface area contributed by atoms with Gasteiger partial charge in [0, 0.05) is 17.5 Å². The van der Waals surface area contributed by atoms with Crippen LogP contribution in [0.5, 0.6) is 5.75 Å². The molecule has 31 heavy (non-hydrogen) atoms. The molecule has 0 atom stereocenters. The van der Waals surface area contributed by atoms with Crippen LogP contribution in [0.3, 0.4) is 0 Å². The average molecular weight is 455 g/mol. The number of amides is 2. The molecule has 4 rings (SSSR count). The van der Waals surface area contributed by atoms with Gasteiger partial charge in [-0.2, -0.15) is 0 Å². The number of benzene rings is 2. The number of hydrogen-bond donors (Lipinski definition) is 2. The van der Waals surface area contributed by atoms with Crippen LogP contribution in [-0.2, 0) is 4.79 Å². The Bertz CT molecular complexity index is 1350. The van der Waals surface area contributed by atoms with E-state index in [-0.39, 0.29) is 28.5 Å². The van der Waals surface area contributed by atoms with Crippen molar-refractivity contribution in [3.63, 3.8) is 0 Å². The van der Waals surface area contributed by atoms with E-state index in [0.29, 0.717) is 16.0 Å². The van der Waals surface area contributed by atoms with Gasteiger partial charge in [-0.15, -0.1) is 11.3 Å². The van der Waals surface area contributed by atoms with Crippen LogP contribution in [0.2, 0.25) is 5.02 Å². The predicted octanol–water partition coefficient (Wildman–Crippen LogP) is 4.29. The standard InChI is InChI=1S/C22H15ClN2O5S/c23-16-8-15-14(12-4-2-1-3-5-12)9-20(27)30-17(15)10-18(16)29-11-19(26)25-22-13(21(24)28)6-7-31-22/h1-10H,11H2,(H2,24,28)(H,25,26). The number of thiophene rings is 1. The molecule has 0 aliphatic rings. The summed E-state index contributed by atoms with van der Waals surface area (Å²) >= 11 is 7.53. The first kappa shape index (κ1) is 20.6. The molecule has 0 unspecified atom stereocenters. The maximum Gasteiger partial charge on any atom is 0.336 e. The molecule has 0 saturated carbocycles. The van der Waals surface area contributed by atoms with Crippen LogP contribution >= 0.6 is 22.9 Å². The van der Waals surface area contributed by atoms with Crippen LogP contribution in [0.1, 0.15) is 10.4 Å². The van der Waals surface area contributed by atoms with Crippen molar-refractivity contribution in [2.75, 3.05) is 11.9 Å². The molecule has 0 saturated heterocycles. The van der Waals surface area contributed by atoms with Gasteiger partial charge in [-0.3, -0.25) is 9.59 Å². The fourth-order valence-electron chi connectivity index (χ4n) is 3.04. The molecule has 2 heterocycles. The Hall–Kier alpha value is -3.62. The molecule has 3 N–H and O–H groups in total. The van der Waals surface area contributed by atoms with Crippen LogP contribution in [0, 0.1) is 0 Å². The second kappa shape index (κ2) is 8.63. The molecule has 156 valence electrons. The molecule has 2 amide bonds. The number of hydrogen-bond acceptors (Lipinski definition) is 6. The molecule has 0 aliphatic heterocycles. The summed E-state index contributed by atoms with van der Waals surface area (Å²) in [6, 6.07) is 15.4. The van der Waals surface area contributed by atoms with E-state index in [0.717, 1.165) is 5.56 Å². The summed E-state index contributed by atoms with van der Waals surface area (Å²) in [4.78, 5) is 35.7. The highest BCUT2D eigenvalue weighted by molar-refractivity contribution is 7.14.